The molecule has 1 atom stereocenters. The van der Waals surface area contributed by atoms with Crippen LogP contribution in [0.1, 0.15) is 48.2 Å². The third-order valence-electron chi connectivity index (χ3n) is 6.22. The first-order valence-corrected chi connectivity index (χ1v) is 11.8. The SMILES string of the molecule is C[C@@H](Nc1nc(Cl)nc2c1CN(C(=O)N1CCOCC1)C2)c1cccc(C(F)(F)OC2CC2)c1. The summed E-state index contributed by atoms with van der Waals surface area (Å²) in [5.74, 6) is 0.492. The molecule has 2 aromatic rings. The van der Waals surface area contributed by atoms with Crippen LogP contribution in [-0.4, -0.2) is 58.2 Å². The molecule has 2 fully saturated rings. The lowest BCUT2D eigenvalue weighted by atomic mass is 10.0. The number of carbonyl (C=O) groups is 1. The number of hydrogen-bond donors (Lipinski definition) is 1. The third kappa shape index (κ3) is 4.94. The van der Waals surface area contributed by atoms with Crippen LogP contribution in [0.15, 0.2) is 24.3 Å². The van der Waals surface area contributed by atoms with Crippen molar-refractivity contribution in [1.29, 1.82) is 0 Å². The van der Waals surface area contributed by atoms with Crippen LogP contribution < -0.4 is 5.32 Å². The molecule has 0 radical (unpaired) electrons. The maximum atomic E-state index is 14.5. The summed E-state index contributed by atoms with van der Waals surface area (Å²) in [7, 11) is 0. The standard InChI is InChI=1S/C23H26ClF2N5O3/c1-14(15-3-2-4-16(11-15)23(25,26)34-17-5-6-17)27-20-18-12-31(13-19(18)28-21(24)29-20)22(32)30-7-9-33-10-8-30/h2-4,11,14,17H,5-10,12-13H2,1H3,(H,27,28,29)/t14-/m1/s1. The number of hydrogen-bond acceptors (Lipinski definition) is 6. The Hall–Kier alpha value is -2.56. The van der Waals surface area contributed by atoms with E-state index < -0.39 is 6.11 Å². The zero-order valence-electron chi connectivity index (χ0n) is 18.8. The highest BCUT2D eigenvalue weighted by Crippen LogP contribution is 2.38. The minimum Gasteiger partial charge on any atom is -0.378 e. The Labute approximate surface area is 201 Å². The van der Waals surface area contributed by atoms with E-state index in [1.807, 2.05) is 6.92 Å². The highest BCUT2D eigenvalue weighted by molar-refractivity contribution is 6.28. The van der Waals surface area contributed by atoms with Crippen molar-refractivity contribution in [3.63, 3.8) is 0 Å². The van der Waals surface area contributed by atoms with E-state index in [0.717, 1.165) is 5.56 Å². The topological polar surface area (TPSA) is 79.8 Å². The Morgan fingerprint density at radius 3 is 2.74 bits per heavy atom. The molecule has 3 heterocycles. The van der Waals surface area contributed by atoms with Gasteiger partial charge in [-0.1, -0.05) is 18.2 Å². The Kier molecular flexibility index (Phi) is 6.30. The molecule has 1 saturated carbocycles. The summed E-state index contributed by atoms with van der Waals surface area (Å²) in [5.41, 5.74) is 1.92. The Morgan fingerprint density at radius 1 is 1.24 bits per heavy atom. The number of ether oxygens (including phenoxy) is 2. The number of amides is 2. The van der Waals surface area contributed by atoms with E-state index in [2.05, 4.69) is 15.3 Å². The first kappa shape index (κ1) is 23.2. The number of nitrogens with zero attached hydrogens (tertiary/aromatic N) is 4. The van der Waals surface area contributed by atoms with Crippen LogP contribution in [0.2, 0.25) is 5.28 Å². The fraction of sp³-hybridized carbons (Fsp3) is 0.522. The van der Waals surface area contributed by atoms with Crippen LogP contribution in [0, 0.1) is 0 Å². The summed E-state index contributed by atoms with van der Waals surface area (Å²) in [4.78, 5) is 25.0. The van der Waals surface area contributed by atoms with Gasteiger partial charge in [0.15, 0.2) is 0 Å². The smallest absolute Gasteiger partial charge is 0.378 e. The lowest BCUT2D eigenvalue weighted by Crippen LogP contribution is -2.46. The number of benzene rings is 1. The van der Waals surface area contributed by atoms with Crippen LogP contribution in [0.4, 0.5) is 19.4 Å². The number of carbonyl (C=O) groups excluding carboxylic acids is 1. The van der Waals surface area contributed by atoms with Gasteiger partial charge in [-0.15, -0.1) is 0 Å². The van der Waals surface area contributed by atoms with E-state index in [4.69, 9.17) is 21.1 Å². The molecule has 1 saturated heterocycles. The minimum atomic E-state index is -3.34. The summed E-state index contributed by atoms with van der Waals surface area (Å²) in [5, 5.41) is 3.34. The van der Waals surface area contributed by atoms with Gasteiger partial charge in [-0.2, -0.15) is 8.78 Å². The van der Waals surface area contributed by atoms with E-state index in [0.29, 0.717) is 69.3 Å². The van der Waals surface area contributed by atoms with Gasteiger partial charge in [0, 0.05) is 24.7 Å². The van der Waals surface area contributed by atoms with Crippen molar-refractivity contribution >= 4 is 23.4 Å². The molecule has 3 aliphatic rings. The lowest BCUT2D eigenvalue weighted by molar-refractivity contribution is -0.255. The van der Waals surface area contributed by atoms with E-state index >= 15 is 0 Å². The van der Waals surface area contributed by atoms with Crippen LogP contribution in [-0.2, 0) is 28.7 Å². The van der Waals surface area contributed by atoms with Crippen molar-refractivity contribution < 1.29 is 23.0 Å². The number of halogens is 3. The summed E-state index contributed by atoms with van der Waals surface area (Å²) in [6.45, 7) is 4.66. The zero-order valence-corrected chi connectivity index (χ0v) is 19.5. The molecule has 182 valence electrons. The second-order valence-corrected chi connectivity index (χ2v) is 9.17. The average molecular weight is 494 g/mol. The summed E-state index contributed by atoms with van der Waals surface area (Å²) in [6, 6.07) is 5.74. The molecular formula is C23H26ClF2N5O3. The van der Waals surface area contributed by atoms with Gasteiger partial charge >= 0.3 is 12.1 Å². The largest absolute Gasteiger partial charge is 0.383 e. The monoisotopic (exact) mass is 493 g/mol. The number of rotatable bonds is 6. The van der Waals surface area contributed by atoms with Gasteiger partial charge in [-0.05, 0) is 43.0 Å². The van der Waals surface area contributed by atoms with Gasteiger partial charge in [0.1, 0.15) is 5.82 Å². The quantitative estimate of drug-likeness (QED) is 0.604. The zero-order chi connectivity index (χ0) is 23.9. The predicted octanol–water partition coefficient (Wildman–Crippen LogP) is 4.30. The molecule has 0 unspecified atom stereocenters. The van der Waals surface area contributed by atoms with E-state index in [-0.39, 0.29) is 29.0 Å². The second kappa shape index (κ2) is 9.24. The number of alkyl halides is 2. The average Bonchev–Trinajstić information content (AvgIpc) is 3.53. The molecule has 5 rings (SSSR count). The minimum absolute atomic E-state index is 0.0623. The number of nitrogens with one attached hydrogen (secondary N) is 1. The van der Waals surface area contributed by atoms with Crippen LogP contribution in [0.25, 0.3) is 0 Å². The number of urea groups is 1. The van der Waals surface area contributed by atoms with Gasteiger partial charge in [-0.3, -0.25) is 0 Å². The number of anilines is 1. The molecule has 1 N–H and O–H groups in total. The van der Waals surface area contributed by atoms with Crippen LogP contribution in [0.5, 0.6) is 0 Å². The molecule has 0 spiro atoms. The highest BCUT2D eigenvalue weighted by Gasteiger charge is 2.40. The van der Waals surface area contributed by atoms with Gasteiger partial charge in [0.05, 0.1) is 43.7 Å². The lowest BCUT2D eigenvalue weighted by Gasteiger charge is -2.30. The fourth-order valence-corrected chi connectivity index (χ4v) is 4.36. The van der Waals surface area contributed by atoms with Crippen molar-refractivity contribution in [2.45, 2.75) is 51.1 Å². The number of morpholine rings is 1. The van der Waals surface area contributed by atoms with Crippen molar-refractivity contribution in [1.82, 2.24) is 19.8 Å². The molecule has 34 heavy (non-hydrogen) atoms. The summed E-state index contributed by atoms with van der Waals surface area (Å²) < 4.78 is 39.2. The first-order chi connectivity index (χ1) is 16.3. The van der Waals surface area contributed by atoms with E-state index in [1.165, 1.54) is 12.1 Å². The van der Waals surface area contributed by atoms with Crippen molar-refractivity contribution in [2.24, 2.45) is 0 Å². The Morgan fingerprint density at radius 2 is 2.00 bits per heavy atom. The maximum absolute atomic E-state index is 14.5. The van der Waals surface area contributed by atoms with Crippen LogP contribution >= 0.6 is 11.6 Å². The number of fused-ring (bicyclic) bond motifs is 1. The normalized spacial score (nSPS) is 19.2. The molecular weight excluding hydrogens is 468 g/mol. The van der Waals surface area contributed by atoms with Crippen molar-refractivity contribution in [3.8, 4) is 0 Å². The first-order valence-electron chi connectivity index (χ1n) is 11.4. The molecule has 1 aromatic carbocycles. The van der Waals surface area contributed by atoms with E-state index in [1.54, 1.807) is 21.9 Å². The Balaban J connectivity index is 1.32. The van der Waals surface area contributed by atoms with E-state index in [9.17, 15) is 13.6 Å². The van der Waals surface area contributed by atoms with Gasteiger partial charge in [0.2, 0.25) is 5.28 Å². The summed E-state index contributed by atoms with van der Waals surface area (Å²) in [6.07, 6.45) is -2.38. The summed E-state index contributed by atoms with van der Waals surface area (Å²) >= 11 is 6.17. The second-order valence-electron chi connectivity index (χ2n) is 8.83. The molecule has 1 aliphatic carbocycles. The molecule has 0 bridgehead atoms. The molecule has 8 nitrogen and oxygen atoms in total. The maximum Gasteiger partial charge on any atom is 0.383 e. The third-order valence-corrected chi connectivity index (χ3v) is 6.39. The van der Waals surface area contributed by atoms with Crippen LogP contribution in [0.3, 0.4) is 0 Å². The molecule has 2 amide bonds. The van der Waals surface area contributed by atoms with Crippen molar-refractivity contribution in [2.75, 3.05) is 31.6 Å². The van der Waals surface area contributed by atoms with Gasteiger partial charge in [0.25, 0.3) is 0 Å². The van der Waals surface area contributed by atoms with Crippen molar-refractivity contribution in [3.05, 3.63) is 51.9 Å². The fourth-order valence-electron chi connectivity index (χ4n) is 4.17. The molecule has 11 heteroatoms. The number of aromatic nitrogens is 2. The molecule has 2 aliphatic heterocycles. The predicted molar refractivity (Wildman–Crippen MR) is 121 cm³/mol. The highest BCUT2D eigenvalue weighted by atomic mass is 35.5. The molecule has 1 aromatic heterocycles. The Bertz CT molecular complexity index is 1080. The van der Waals surface area contributed by atoms with Gasteiger partial charge in [-0.25, -0.2) is 14.8 Å². The van der Waals surface area contributed by atoms with Gasteiger partial charge < -0.3 is 24.6 Å².